The number of halogens is 3. The number of hydrogen-bond acceptors (Lipinski definition) is 3. The van der Waals surface area contributed by atoms with Crippen molar-refractivity contribution in [1.82, 2.24) is 0 Å². The van der Waals surface area contributed by atoms with Gasteiger partial charge in [0.2, 0.25) is 0 Å². The normalized spacial score (nSPS) is 20.3. The zero-order valence-electron chi connectivity index (χ0n) is 14.0. The largest absolute Gasteiger partial charge is 0.457 e. The van der Waals surface area contributed by atoms with Crippen LogP contribution in [-0.2, 0) is 12.0 Å². The molecular weight excluding hydrogens is 343 g/mol. The van der Waals surface area contributed by atoms with E-state index in [4.69, 9.17) is 10.00 Å². The van der Waals surface area contributed by atoms with Crippen molar-refractivity contribution in [2.24, 2.45) is 0 Å². The first-order chi connectivity index (χ1) is 12.2. The van der Waals surface area contributed by atoms with E-state index in [0.717, 1.165) is 12.1 Å². The summed E-state index contributed by atoms with van der Waals surface area (Å²) in [5.74, 6) is -3.95. The van der Waals surface area contributed by atoms with Gasteiger partial charge in [-0.3, -0.25) is 0 Å². The minimum absolute atomic E-state index is 0.0232. The number of fused-ring (bicyclic) bond motifs is 1. The molecule has 1 aliphatic carbocycles. The fourth-order valence-corrected chi connectivity index (χ4v) is 3.42. The first-order valence-electron chi connectivity index (χ1n) is 7.94. The maximum Gasteiger partial charge on any atom is 0.284 e. The maximum absolute atomic E-state index is 14.6. The number of aryl methyl sites for hydroxylation is 1. The number of benzene rings is 2. The molecule has 0 bridgehead atoms. The van der Waals surface area contributed by atoms with E-state index in [1.165, 1.54) is 18.2 Å². The molecule has 134 valence electrons. The molecule has 0 amide bonds. The van der Waals surface area contributed by atoms with Gasteiger partial charge in [-0.25, -0.2) is 13.2 Å². The third-order valence-corrected chi connectivity index (χ3v) is 4.56. The van der Waals surface area contributed by atoms with Crippen LogP contribution in [0.5, 0.6) is 11.5 Å². The second-order valence-electron chi connectivity index (χ2n) is 6.36. The Labute approximate surface area is 149 Å². The molecule has 0 radical (unpaired) electrons. The zero-order chi connectivity index (χ0) is 19.1. The Morgan fingerprint density at radius 2 is 2.08 bits per heavy atom. The fourth-order valence-electron chi connectivity index (χ4n) is 3.42. The average Bonchev–Trinajstić information content (AvgIpc) is 2.77. The van der Waals surface area contributed by atoms with Gasteiger partial charge in [0.25, 0.3) is 5.92 Å². The van der Waals surface area contributed by atoms with Crippen molar-refractivity contribution < 1.29 is 23.0 Å². The second kappa shape index (κ2) is 6.19. The summed E-state index contributed by atoms with van der Waals surface area (Å²) in [6.07, 6.45) is 0.238. The highest BCUT2D eigenvalue weighted by molar-refractivity contribution is 5.55. The van der Waals surface area contributed by atoms with Crippen LogP contribution in [0.2, 0.25) is 0 Å². The summed E-state index contributed by atoms with van der Waals surface area (Å²) in [4.78, 5) is 0. The number of rotatable bonds is 4. The average molecular weight is 359 g/mol. The Bertz CT molecular complexity index is 933. The van der Waals surface area contributed by atoms with E-state index in [1.54, 1.807) is 13.0 Å². The van der Waals surface area contributed by atoms with Gasteiger partial charge < -0.3 is 9.84 Å². The Morgan fingerprint density at radius 1 is 1.35 bits per heavy atom. The smallest absolute Gasteiger partial charge is 0.284 e. The van der Waals surface area contributed by atoms with Crippen molar-refractivity contribution in [3.63, 3.8) is 0 Å². The lowest BCUT2D eigenvalue weighted by atomic mass is 9.87. The summed E-state index contributed by atoms with van der Waals surface area (Å²) in [6, 6.07) is 8.30. The first-order valence-corrected chi connectivity index (χ1v) is 7.94. The summed E-state index contributed by atoms with van der Waals surface area (Å²) in [7, 11) is 0. The monoisotopic (exact) mass is 359 g/mol. The number of alkyl halides is 2. The van der Waals surface area contributed by atoms with Gasteiger partial charge in [0, 0.05) is 24.5 Å². The highest BCUT2D eigenvalue weighted by Gasteiger charge is 2.60. The van der Waals surface area contributed by atoms with Crippen LogP contribution < -0.4 is 4.74 Å². The molecular formula is C20H16F3NO2. The number of hydrogen-bond donors (Lipinski definition) is 1. The highest BCUT2D eigenvalue weighted by Crippen LogP contribution is 2.54. The van der Waals surface area contributed by atoms with E-state index in [0.29, 0.717) is 5.56 Å². The molecule has 1 N–H and O–H groups in total. The molecule has 1 aliphatic rings. The van der Waals surface area contributed by atoms with Crippen LogP contribution in [0.15, 0.2) is 43.0 Å². The molecule has 26 heavy (non-hydrogen) atoms. The van der Waals surface area contributed by atoms with Crippen molar-refractivity contribution in [3.05, 3.63) is 71.1 Å². The molecule has 2 aromatic carbocycles. The van der Waals surface area contributed by atoms with Crippen LogP contribution >= 0.6 is 0 Å². The molecule has 0 saturated heterocycles. The molecule has 0 saturated carbocycles. The van der Waals surface area contributed by atoms with Crippen LogP contribution in [0, 0.1) is 24.1 Å². The molecule has 0 aromatic heterocycles. The van der Waals surface area contributed by atoms with Crippen molar-refractivity contribution in [1.29, 1.82) is 5.26 Å². The molecule has 1 atom stereocenters. The molecule has 6 heteroatoms. The van der Waals surface area contributed by atoms with Gasteiger partial charge in [0.15, 0.2) is 5.60 Å². The summed E-state index contributed by atoms with van der Waals surface area (Å²) in [6.45, 7) is 5.09. The molecule has 0 aliphatic heterocycles. The zero-order valence-corrected chi connectivity index (χ0v) is 14.0. The predicted octanol–water partition coefficient (Wildman–Crippen LogP) is 4.75. The van der Waals surface area contributed by atoms with Gasteiger partial charge in [-0.1, -0.05) is 12.1 Å². The molecule has 0 heterocycles. The Balaban J connectivity index is 2.11. The van der Waals surface area contributed by atoms with Gasteiger partial charge in [0.05, 0.1) is 11.6 Å². The van der Waals surface area contributed by atoms with Crippen molar-refractivity contribution in [2.75, 3.05) is 0 Å². The van der Waals surface area contributed by atoms with Crippen LogP contribution in [-0.4, -0.2) is 11.0 Å². The number of nitriles is 1. The van der Waals surface area contributed by atoms with Gasteiger partial charge in [-0.2, -0.15) is 5.26 Å². The molecule has 3 rings (SSSR count). The standard InChI is InChI=1S/C20H16F3NO2/c1-3-6-19(25)18-12(2)4-5-17(16(18)10-20(19,22)23)26-15-8-13(11-24)7-14(21)9-15/h3-5,7-9,25H,1,6,10H2,2H3. The van der Waals surface area contributed by atoms with E-state index in [2.05, 4.69) is 6.58 Å². The lowest BCUT2D eigenvalue weighted by Crippen LogP contribution is -2.41. The van der Waals surface area contributed by atoms with Crippen LogP contribution in [0.3, 0.4) is 0 Å². The predicted molar refractivity (Wildman–Crippen MR) is 89.7 cm³/mol. The van der Waals surface area contributed by atoms with Gasteiger partial charge in [-0.05, 0) is 36.2 Å². The topological polar surface area (TPSA) is 53.2 Å². The molecule has 3 nitrogen and oxygen atoms in total. The van der Waals surface area contributed by atoms with Crippen molar-refractivity contribution >= 4 is 0 Å². The first kappa shape index (κ1) is 18.0. The lowest BCUT2D eigenvalue weighted by Gasteiger charge is -2.30. The number of ether oxygens (including phenoxy) is 1. The number of aliphatic hydroxyl groups is 1. The Hall–Kier alpha value is -2.78. The molecule has 0 fully saturated rings. The summed E-state index contributed by atoms with van der Waals surface area (Å²) in [5.41, 5.74) is -1.53. The van der Waals surface area contributed by atoms with Crippen LogP contribution in [0.4, 0.5) is 13.2 Å². The van der Waals surface area contributed by atoms with Crippen LogP contribution in [0.1, 0.15) is 28.7 Å². The van der Waals surface area contributed by atoms with Crippen molar-refractivity contribution in [2.45, 2.75) is 31.3 Å². The second-order valence-corrected chi connectivity index (χ2v) is 6.36. The highest BCUT2D eigenvalue weighted by atomic mass is 19.3. The van der Waals surface area contributed by atoms with Gasteiger partial charge in [0.1, 0.15) is 17.3 Å². The SMILES string of the molecule is C=CCC1(O)c2c(C)ccc(Oc3cc(F)cc(C#N)c3)c2CC1(F)F. The molecule has 1 unspecified atom stereocenters. The quantitative estimate of drug-likeness (QED) is 0.802. The summed E-state index contributed by atoms with van der Waals surface area (Å²) in [5, 5.41) is 19.6. The summed E-state index contributed by atoms with van der Waals surface area (Å²) >= 11 is 0. The van der Waals surface area contributed by atoms with E-state index >= 15 is 0 Å². The molecule has 2 aromatic rings. The van der Waals surface area contributed by atoms with Crippen LogP contribution in [0.25, 0.3) is 0 Å². The van der Waals surface area contributed by atoms with Crippen molar-refractivity contribution in [3.8, 4) is 17.6 Å². The van der Waals surface area contributed by atoms with E-state index in [1.807, 2.05) is 6.07 Å². The Kier molecular flexibility index (Phi) is 4.29. The Morgan fingerprint density at radius 3 is 2.73 bits per heavy atom. The van der Waals surface area contributed by atoms with E-state index in [-0.39, 0.29) is 34.6 Å². The fraction of sp³-hybridized carbons (Fsp3) is 0.250. The van der Waals surface area contributed by atoms with E-state index in [9.17, 15) is 18.3 Å². The third-order valence-electron chi connectivity index (χ3n) is 4.56. The lowest BCUT2D eigenvalue weighted by molar-refractivity contribution is -0.173. The number of nitrogens with zero attached hydrogens (tertiary/aromatic N) is 1. The summed E-state index contributed by atoms with van der Waals surface area (Å²) < 4.78 is 48.4. The maximum atomic E-state index is 14.6. The van der Waals surface area contributed by atoms with Gasteiger partial charge in [-0.15, -0.1) is 6.58 Å². The third kappa shape index (κ3) is 2.74. The van der Waals surface area contributed by atoms with E-state index < -0.39 is 23.8 Å². The van der Waals surface area contributed by atoms with Gasteiger partial charge >= 0.3 is 0 Å². The molecule has 0 spiro atoms. The minimum Gasteiger partial charge on any atom is -0.457 e. The minimum atomic E-state index is -3.40.